The molecule has 3 rings (SSSR count). The van der Waals surface area contributed by atoms with Gasteiger partial charge in [-0.15, -0.1) is 0 Å². The lowest BCUT2D eigenvalue weighted by molar-refractivity contribution is -0.142. The Hall–Kier alpha value is -2.91. The predicted octanol–water partition coefficient (Wildman–Crippen LogP) is 1.36. The van der Waals surface area contributed by atoms with Crippen LogP contribution in [0.4, 0.5) is 0 Å². The fraction of sp³-hybridized carbons (Fsp3) is 0.300. The number of aliphatic carboxylic acids is 1. The Labute approximate surface area is 168 Å². The highest BCUT2D eigenvalue weighted by molar-refractivity contribution is 7.89. The zero-order valence-electron chi connectivity index (χ0n) is 15.6. The third-order valence-corrected chi connectivity index (χ3v) is 6.77. The van der Waals surface area contributed by atoms with E-state index in [0.717, 1.165) is 4.31 Å². The van der Waals surface area contributed by atoms with Crippen molar-refractivity contribution in [3.8, 4) is 5.75 Å². The van der Waals surface area contributed by atoms with Crippen molar-refractivity contribution in [1.82, 2.24) is 9.62 Å². The van der Waals surface area contributed by atoms with Gasteiger partial charge in [0, 0.05) is 13.0 Å². The number of carboxylic acids is 1. The van der Waals surface area contributed by atoms with Gasteiger partial charge < -0.3 is 15.5 Å². The number of phenolic OH excluding ortho intramolecular Hbond substituents is 1. The normalized spacial score (nSPS) is 18.3. The Kier molecular flexibility index (Phi) is 6.19. The van der Waals surface area contributed by atoms with Gasteiger partial charge in [0.25, 0.3) is 0 Å². The van der Waals surface area contributed by atoms with Crippen LogP contribution in [-0.4, -0.2) is 53.4 Å². The van der Waals surface area contributed by atoms with Crippen molar-refractivity contribution in [2.45, 2.75) is 36.2 Å². The number of rotatable bonds is 7. The van der Waals surface area contributed by atoms with Crippen LogP contribution in [0.25, 0.3) is 0 Å². The largest absolute Gasteiger partial charge is 0.508 e. The van der Waals surface area contributed by atoms with E-state index in [2.05, 4.69) is 5.32 Å². The summed E-state index contributed by atoms with van der Waals surface area (Å²) in [6.45, 7) is 0.199. The number of benzene rings is 2. The maximum Gasteiger partial charge on any atom is 0.326 e. The van der Waals surface area contributed by atoms with Crippen LogP contribution in [0.2, 0.25) is 0 Å². The number of aromatic hydroxyl groups is 1. The van der Waals surface area contributed by atoms with Crippen molar-refractivity contribution < 1.29 is 28.2 Å². The molecule has 2 atom stereocenters. The molecule has 3 N–H and O–H groups in total. The highest BCUT2D eigenvalue weighted by Gasteiger charge is 2.40. The molecule has 1 heterocycles. The summed E-state index contributed by atoms with van der Waals surface area (Å²) in [6, 6.07) is 11.7. The third kappa shape index (κ3) is 4.75. The zero-order valence-corrected chi connectivity index (χ0v) is 16.4. The number of nitrogens with one attached hydrogen (secondary N) is 1. The van der Waals surface area contributed by atoms with E-state index >= 15 is 0 Å². The summed E-state index contributed by atoms with van der Waals surface area (Å²) in [5.41, 5.74) is 0.621. The number of carbonyl (C=O) groups excluding carboxylic acids is 1. The van der Waals surface area contributed by atoms with Crippen molar-refractivity contribution >= 4 is 21.9 Å². The summed E-state index contributed by atoms with van der Waals surface area (Å²) >= 11 is 0. The molecular weight excluding hydrogens is 396 g/mol. The summed E-state index contributed by atoms with van der Waals surface area (Å²) in [6.07, 6.45) is 0.850. The molecule has 0 aliphatic carbocycles. The molecule has 8 nitrogen and oxygen atoms in total. The number of nitrogens with zero attached hydrogens (tertiary/aromatic N) is 1. The lowest BCUT2D eigenvalue weighted by Crippen LogP contribution is -2.51. The van der Waals surface area contributed by atoms with Crippen molar-refractivity contribution in [3.05, 3.63) is 60.2 Å². The molecule has 0 aromatic heterocycles. The molecule has 1 saturated heterocycles. The molecule has 154 valence electrons. The van der Waals surface area contributed by atoms with Gasteiger partial charge in [0.2, 0.25) is 15.9 Å². The van der Waals surface area contributed by atoms with Crippen LogP contribution >= 0.6 is 0 Å². The van der Waals surface area contributed by atoms with E-state index < -0.39 is 34.0 Å². The molecule has 0 bridgehead atoms. The van der Waals surface area contributed by atoms with E-state index in [0.29, 0.717) is 18.4 Å². The maximum absolute atomic E-state index is 12.9. The number of hydrogen-bond donors (Lipinski definition) is 3. The van der Waals surface area contributed by atoms with E-state index in [9.17, 15) is 28.2 Å². The zero-order chi connectivity index (χ0) is 21.0. The van der Waals surface area contributed by atoms with Gasteiger partial charge in [0.15, 0.2) is 0 Å². The topological polar surface area (TPSA) is 124 Å². The van der Waals surface area contributed by atoms with Gasteiger partial charge in [0.05, 0.1) is 4.90 Å². The highest BCUT2D eigenvalue weighted by Crippen LogP contribution is 2.26. The Balaban J connectivity index is 1.75. The quantitative estimate of drug-likeness (QED) is 0.624. The summed E-state index contributed by atoms with van der Waals surface area (Å²) in [4.78, 5) is 24.5. The number of carboxylic acid groups (broad SMARTS) is 1. The molecule has 9 heteroatoms. The molecule has 1 amide bonds. The van der Waals surface area contributed by atoms with E-state index in [1.165, 1.54) is 24.3 Å². The van der Waals surface area contributed by atoms with Gasteiger partial charge in [-0.1, -0.05) is 30.3 Å². The molecule has 2 aromatic carbocycles. The second-order valence-corrected chi connectivity index (χ2v) is 8.75. The second-order valence-electron chi connectivity index (χ2n) is 6.86. The third-order valence-electron chi connectivity index (χ3n) is 4.85. The Morgan fingerprint density at radius 3 is 2.38 bits per heavy atom. The molecule has 0 spiro atoms. The first-order valence-corrected chi connectivity index (χ1v) is 10.6. The lowest BCUT2D eigenvalue weighted by atomic mass is 10.1. The molecule has 0 saturated carbocycles. The van der Waals surface area contributed by atoms with Gasteiger partial charge in [0.1, 0.15) is 17.8 Å². The molecular formula is C20H22N2O6S. The van der Waals surface area contributed by atoms with Crippen LogP contribution in [0.15, 0.2) is 59.5 Å². The van der Waals surface area contributed by atoms with Crippen LogP contribution < -0.4 is 5.32 Å². The summed E-state index contributed by atoms with van der Waals surface area (Å²) in [5, 5.41) is 21.3. The van der Waals surface area contributed by atoms with Crippen LogP contribution in [0.3, 0.4) is 0 Å². The van der Waals surface area contributed by atoms with Crippen LogP contribution in [0.1, 0.15) is 18.4 Å². The fourth-order valence-electron chi connectivity index (χ4n) is 3.35. The van der Waals surface area contributed by atoms with Crippen molar-refractivity contribution in [2.24, 2.45) is 0 Å². The Morgan fingerprint density at radius 2 is 1.76 bits per heavy atom. The molecule has 0 radical (unpaired) electrons. The van der Waals surface area contributed by atoms with E-state index in [1.54, 1.807) is 30.3 Å². The van der Waals surface area contributed by atoms with E-state index in [-0.39, 0.29) is 23.6 Å². The molecule has 2 aromatic rings. The fourth-order valence-corrected chi connectivity index (χ4v) is 5.03. The molecule has 1 aliphatic rings. The average molecular weight is 418 g/mol. The number of phenols is 1. The molecule has 29 heavy (non-hydrogen) atoms. The first kappa shape index (κ1) is 20.8. The van der Waals surface area contributed by atoms with Crippen LogP contribution in [0, 0.1) is 0 Å². The highest BCUT2D eigenvalue weighted by atomic mass is 32.2. The van der Waals surface area contributed by atoms with Gasteiger partial charge in [-0.25, -0.2) is 13.2 Å². The molecule has 0 unspecified atom stereocenters. The summed E-state index contributed by atoms with van der Waals surface area (Å²) < 4.78 is 26.9. The van der Waals surface area contributed by atoms with E-state index in [4.69, 9.17) is 0 Å². The minimum absolute atomic E-state index is 0.0134. The molecule has 1 aliphatic heterocycles. The van der Waals surface area contributed by atoms with Crippen LogP contribution in [-0.2, 0) is 26.0 Å². The van der Waals surface area contributed by atoms with E-state index in [1.807, 2.05) is 0 Å². The maximum atomic E-state index is 12.9. The first-order chi connectivity index (χ1) is 13.8. The number of carbonyl (C=O) groups is 2. The lowest BCUT2D eigenvalue weighted by Gasteiger charge is -2.25. The second kappa shape index (κ2) is 8.62. The minimum Gasteiger partial charge on any atom is -0.508 e. The van der Waals surface area contributed by atoms with Gasteiger partial charge in [-0.05, 0) is 42.7 Å². The summed E-state index contributed by atoms with van der Waals surface area (Å²) in [7, 11) is -3.86. The smallest absolute Gasteiger partial charge is 0.326 e. The van der Waals surface area contributed by atoms with Gasteiger partial charge in [-0.2, -0.15) is 4.31 Å². The molecule has 1 fully saturated rings. The van der Waals surface area contributed by atoms with Crippen molar-refractivity contribution in [3.63, 3.8) is 0 Å². The number of amides is 1. The standard InChI is InChI=1S/C20H22N2O6S/c23-15-10-8-14(9-11-15)13-17(20(25)26)21-19(24)18-7-4-12-22(18)29(27,28)16-5-2-1-3-6-16/h1-3,5-6,8-11,17-18,23H,4,7,12-13H2,(H,21,24)(H,25,26)/t17-,18-/m0/s1. The van der Waals surface area contributed by atoms with Gasteiger partial charge in [-0.3, -0.25) is 4.79 Å². The minimum atomic E-state index is -3.86. The summed E-state index contributed by atoms with van der Waals surface area (Å²) in [5.74, 6) is -1.80. The SMILES string of the molecule is O=C(O)[C@H](Cc1ccc(O)cc1)NC(=O)[C@@H]1CCCN1S(=O)(=O)c1ccccc1. The Bertz CT molecular complexity index is 976. The average Bonchev–Trinajstić information content (AvgIpc) is 3.20. The monoisotopic (exact) mass is 418 g/mol. The van der Waals surface area contributed by atoms with Crippen molar-refractivity contribution in [2.75, 3.05) is 6.54 Å². The van der Waals surface area contributed by atoms with Crippen molar-refractivity contribution in [1.29, 1.82) is 0 Å². The number of hydrogen-bond acceptors (Lipinski definition) is 5. The van der Waals surface area contributed by atoms with Crippen LogP contribution in [0.5, 0.6) is 5.75 Å². The first-order valence-electron chi connectivity index (χ1n) is 9.17. The predicted molar refractivity (Wildman–Crippen MR) is 105 cm³/mol. The number of sulfonamides is 1. The Morgan fingerprint density at radius 1 is 1.10 bits per heavy atom. The van der Waals surface area contributed by atoms with Gasteiger partial charge >= 0.3 is 5.97 Å².